The van der Waals surface area contributed by atoms with Crippen molar-refractivity contribution < 1.29 is 4.74 Å². The Morgan fingerprint density at radius 2 is 1.94 bits per heavy atom. The summed E-state index contributed by atoms with van der Waals surface area (Å²) in [7, 11) is 0. The molecule has 1 aliphatic rings. The molecule has 1 saturated heterocycles. The highest BCUT2D eigenvalue weighted by molar-refractivity contribution is 5.86. The molecule has 5 aromatic rings. The van der Waals surface area contributed by atoms with Gasteiger partial charge in [0.15, 0.2) is 11.5 Å². The van der Waals surface area contributed by atoms with Gasteiger partial charge in [0.2, 0.25) is 0 Å². The van der Waals surface area contributed by atoms with Gasteiger partial charge in [-0.3, -0.25) is 10.1 Å². The number of imidazole rings is 1. The van der Waals surface area contributed by atoms with Gasteiger partial charge in [0.25, 0.3) is 0 Å². The van der Waals surface area contributed by atoms with Crippen LogP contribution in [0.5, 0.6) is 0 Å². The molecule has 3 N–H and O–H groups in total. The van der Waals surface area contributed by atoms with E-state index in [-0.39, 0.29) is 0 Å². The van der Waals surface area contributed by atoms with Gasteiger partial charge in [0, 0.05) is 60.1 Å². The van der Waals surface area contributed by atoms with Crippen LogP contribution in [0.25, 0.3) is 33.8 Å². The molecule has 10 heteroatoms. The summed E-state index contributed by atoms with van der Waals surface area (Å²) in [6, 6.07) is 14.0. The number of hydrogen-bond acceptors (Lipinski definition) is 8. The summed E-state index contributed by atoms with van der Waals surface area (Å²) >= 11 is 0. The Morgan fingerprint density at radius 1 is 1.08 bits per heavy atom. The van der Waals surface area contributed by atoms with Crippen molar-refractivity contribution in [3.05, 3.63) is 79.2 Å². The zero-order chi connectivity index (χ0) is 24.3. The lowest BCUT2D eigenvalue weighted by Gasteiger charge is -2.27. The molecular weight excluding hydrogens is 454 g/mol. The molecule has 5 heterocycles. The van der Waals surface area contributed by atoms with E-state index in [1.165, 1.54) is 0 Å². The van der Waals surface area contributed by atoms with E-state index in [9.17, 15) is 0 Å². The second-order valence-corrected chi connectivity index (χ2v) is 8.58. The SMILES string of the molecule is C=C(Cc1cc(-c2cccnc2)n[nH]1)Nc1ccc(-c2nc3ncnc(N4CCOCC4)c3[nH]2)cc1. The first-order valence-corrected chi connectivity index (χ1v) is 11.8. The Bertz CT molecular complexity index is 1490. The number of aromatic amines is 2. The first-order chi connectivity index (χ1) is 17.7. The average molecular weight is 480 g/mol. The van der Waals surface area contributed by atoms with E-state index in [4.69, 9.17) is 9.72 Å². The van der Waals surface area contributed by atoms with Crippen LogP contribution in [0.15, 0.2) is 73.5 Å². The van der Waals surface area contributed by atoms with Crippen molar-refractivity contribution in [3.63, 3.8) is 0 Å². The van der Waals surface area contributed by atoms with E-state index < -0.39 is 0 Å². The second kappa shape index (κ2) is 9.59. The molecular formula is C26H25N9O. The second-order valence-electron chi connectivity index (χ2n) is 8.58. The van der Waals surface area contributed by atoms with Crippen molar-refractivity contribution in [2.24, 2.45) is 0 Å². The number of nitrogens with one attached hydrogen (secondary N) is 3. The molecule has 0 radical (unpaired) electrons. The minimum Gasteiger partial charge on any atom is -0.378 e. The topological polar surface area (TPSA) is 121 Å². The molecule has 180 valence electrons. The molecule has 0 unspecified atom stereocenters. The monoisotopic (exact) mass is 479 g/mol. The van der Waals surface area contributed by atoms with Crippen molar-refractivity contribution in [2.45, 2.75) is 6.42 Å². The third-order valence-corrected chi connectivity index (χ3v) is 6.05. The summed E-state index contributed by atoms with van der Waals surface area (Å²) in [6.07, 6.45) is 5.74. The van der Waals surface area contributed by atoms with E-state index in [1.54, 1.807) is 18.7 Å². The highest BCUT2D eigenvalue weighted by atomic mass is 16.5. The molecule has 0 amide bonds. The minimum absolute atomic E-state index is 0.627. The van der Waals surface area contributed by atoms with E-state index in [0.29, 0.717) is 25.3 Å². The Balaban J connectivity index is 1.14. The van der Waals surface area contributed by atoms with Crippen LogP contribution in [0.1, 0.15) is 5.69 Å². The molecule has 10 nitrogen and oxygen atoms in total. The van der Waals surface area contributed by atoms with Crippen LogP contribution < -0.4 is 10.2 Å². The largest absolute Gasteiger partial charge is 0.378 e. The lowest BCUT2D eigenvalue weighted by molar-refractivity contribution is 0.122. The number of H-pyrrole nitrogens is 2. The quantitative estimate of drug-likeness (QED) is 0.322. The van der Waals surface area contributed by atoms with Crippen LogP contribution in [0.2, 0.25) is 0 Å². The average Bonchev–Trinajstić information content (AvgIpc) is 3.57. The number of fused-ring (bicyclic) bond motifs is 1. The van der Waals surface area contributed by atoms with E-state index in [1.807, 2.05) is 42.5 Å². The molecule has 6 rings (SSSR count). The fourth-order valence-corrected chi connectivity index (χ4v) is 4.27. The summed E-state index contributed by atoms with van der Waals surface area (Å²) in [4.78, 5) is 23.3. The van der Waals surface area contributed by atoms with E-state index >= 15 is 0 Å². The molecule has 36 heavy (non-hydrogen) atoms. The number of hydrogen-bond donors (Lipinski definition) is 3. The lowest BCUT2D eigenvalue weighted by atomic mass is 10.1. The number of morpholine rings is 1. The summed E-state index contributed by atoms with van der Waals surface area (Å²) in [6.45, 7) is 7.16. The van der Waals surface area contributed by atoms with Crippen LogP contribution in [0, 0.1) is 0 Å². The van der Waals surface area contributed by atoms with Gasteiger partial charge in [-0.05, 0) is 42.5 Å². The van der Waals surface area contributed by atoms with Crippen molar-refractivity contribution >= 4 is 22.7 Å². The van der Waals surface area contributed by atoms with Crippen LogP contribution in [0.4, 0.5) is 11.5 Å². The fraction of sp³-hybridized carbons (Fsp3) is 0.192. The maximum atomic E-state index is 5.47. The molecule has 1 aliphatic heterocycles. The highest BCUT2D eigenvalue weighted by Crippen LogP contribution is 2.27. The summed E-state index contributed by atoms with van der Waals surface area (Å²) in [5.41, 5.74) is 7.08. The predicted molar refractivity (Wildman–Crippen MR) is 138 cm³/mol. The van der Waals surface area contributed by atoms with E-state index in [2.05, 4.69) is 46.9 Å². The molecule has 4 aromatic heterocycles. The number of pyridine rings is 1. The number of rotatable bonds is 7. The van der Waals surface area contributed by atoms with Gasteiger partial charge in [0.05, 0.1) is 18.9 Å². The molecule has 1 fully saturated rings. The maximum absolute atomic E-state index is 5.47. The van der Waals surface area contributed by atoms with Gasteiger partial charge in [-0.25, -0.2) is 15.0 Å². The third-order valence-electron chi connectivity index (χ3n) is 6.05. The smallest absolute Gasteiger partial charge is 0.183 e. The zero-order valence-corrected chi connectivity index (χ0v) is 19.6. The maximum Gasteiger partial charge on any atom is 0.183 e. The summed E-state index contributed by atoms with van der Waals surface area (Å²) in [5.74, 6) is 1.62. The predicted octanol–water partition coefficient (Wildman–Crippen LogP) is 3.81. The summed E-state index contributed by atoms with van der Waals surface area (Å²) < 4.78 is 5.47. The van der Waals surface area contributed by atoms with Crippen molar-refractivity contribution in [3.8, 4) is 22.6 Å². The minimum atomic E-state index is 0.627. The standard InChI is InChI=1S/C26H25N9O/c1-17(13-21-14-22(34-33-21)19-3-2-8-27-15-19)30-20-6-4-18(5-7-20)24-31-23-25(32-24)28-16-29-26(23)35-9-11-36-12-10-35/h2-8,14-16,30H,1,9-13H2,(H,33,34)(H,28,29,31,32). The molecule has 0 aliphatic carbocycles. The number of aromatic nitrogens is 7. The third kappa shape index (κ3) is 4.53. The molecule has 0 atom stereocenters. The molecule has 0 saturated carbocycles. The number of benzene rings is 1. The first kappa shape index (κ1) is 21.9. The van der Waals surface area contributed by atoms with Gasteiger partial charge < -0.3 is 19.9 Å². The van der Waals surface area contributed by atoms with Gasteiger partial charge in [0.1, 0.15) is 17.7 Å². The van der Waals surface area contributed by atoms with Crippen LogP contribution >= 0.6 is 0 Å². The Labute approximate surface area is 207 Å². The number of nitrogens with zero attached hydrogens (tertiary/aromatic N) is 6. The fourth-order valence-electron chi connectivity index (χ4n) is 4.27. The highest BCUT2D eigenvalue weighted by Gasteiger charge is 2.18. The van der Waals surface area contributed by atoms with Gasteiger partial charge in [-0.2, -0.15) is 5.10 Å². The Morgan fingerprint density at radius 3 is 2.75 bits per heavy atom. The number of allylic oxidation sites excluding steroid dienone is 1. The van der Waals surface area contributed by atoms with Gasteiger partial charge >= 0.3 is 0 Å². The van der Waals surface area contributed by atoms with Gasteiger partial charge in [-0.1, -0.05) is 6.58 Å². The van der Waals surface area contributed by atoms with Crippen LogP contribution in [-0.4, -0.2) is 61.4 Å². The number of ether oxygens (including phenoxy) is 1. The van der Waals surface area contributed by atoms with Crippen molar-refractivity contribution in [1.29, 1.82) is 0 Å². The first-order valence-electron chi connectivity index (χ1n) is 11.8. The Hall–Kier alpha value is -4.57. The lowest BCUT2D eigenvalue weighted by Crippen LogP contribution is -2.36. The van der Waals surface area contributed by atoms with Crippen molar-refractivity contribution in [1.82, 2.24) is 35.1 Å². The molecule has 0 bridgehead atoms. The number of anilines is 2. The molecule has 1 aromatic carbocycles. The van der Waals surface area contributed by atoms with Gasteiger partial charge in [-0.15, -0.1) is 0 Å². The van der Waals surface area contributed by atoms with E-state index in [0.717, 1.165) is 64.1 Å². The normalized spacial score (nSPS) is 13.7. The zero-order valence-electron chi connectivity index (χ0n) is 19.6. The van der Waals surface area contributed by atoms with Crippen LogP contribution in [-0.2, 0) is 11.2 Å². The summed E-state index contributed by atoms with van der Waals surface area (Å²) in [5, 5.41) is 10.8. The molecule has 0 spiro atoms. The Kier molecular flexibility index (Phi) is 5.84. The van der Waals surface area contributed by atoms with Crippen LogP contribution in [0.3, 0.4) is 0 Å². The van der Waals surface area contributed by atoms with Crippen molar-refractivity contribution in [2.75, 3.05) is 36.5 Å².